The van der Waals surface area contributed by atoms with Crippen LogP contribution >= 0.6 is 11.8 Å². The average Bonchev–Trinajstić information content (AvgIpc) is 2.03. The van der Waals surface area contributed by atoms with E-state index in [2.05, 4.69) is 0 Å². The highest BCUT2D eigenvalue weighted by molar-refractivity contribution is 7.99. The third-order valence-corrected chi connectivity index (χ3v) is 2.64. The van der Waals surface area contributed by atoms with Crippen molar-refractivity contribution in [2.75, 3.05) is 12.4 Å². The molecule has 0 aromatic rings. The number of aliphatic hydroxyl groups is 1. The summed E-state index contributed by atoms with van der Waals surface area (Å²) in [7, 11) is 0. The van der Waals surface area contributed by atoms with Gasteiger partial charge in [0.1, 0.15) is 0 Å². The number of nitrogens with two attached hydrogens (primary N) is 2. The molecule has 0 aromatic carbocycles. The predicted molar refractivity (Wildman–Crippen MR) is 50.8 cm³/mol. The molecule has 0 bridgehead atoms. The van der Waals surface area contributed by atoms with Crippen molar-refractivity contribution in [1.82, 2.24) is 0 Å². The smallest absolute Gasteiger partial charge is 0.234 e. The van der Waals surface area contributed by atoms with E-state index in [9.17, 15) is 4.79 Å². The molecule has 0 aliphatic rings. The number of amides is 1. The summed E-state index contributed by atoms with van der Waals surface area (Å²) in [6.45, 7) is 2.07. The lowest BCUT2D eigenvalue weighted by Gasteiger charge is -2.09. The molecule has 2 atom stereocenters. The maximum absolute atomic E-state index is 10.5. The largest absolute Gasteiger partial charge is 0.395 e. The standard InChI is InChI=1S/C7H16N2O2S/c1-5(4-10)12-3-2-6(8)7(9)11/h5-6,10H,2-4,8H2,1H3,(H2,9,11). The third-order valence-electron chi connectivity index (χ3n) is 1.45. The molecule has 0 fully saturated rings. The van der Waals surface area contributed by atoms with Gasteiger partial charge in [0.2, 0.25) is 5.91 Å². The summed E-state index contributed by atoms with van der Waals surface area (Å²) in [5.41, 5.74) is 10.4. The highest BCUT2D eigenvalue weighted by atomic mass is 32.2. The van der Waals surface area contributed by atoms with Crippen molar-refractivity contribution < 1.29 is 9.90 Å². The molecule has 0 radical (unpaired) electrons. The van der Waals surface area contributed by atoms with Crippen LogP contribution < -0.4 is 11.5 Å². The Hall–Kier alpha value is -0.260. The zero-order chi connectivity index (χ0) is 9.56. The molecule has 12 heavy (non-hydrogen) atoms. The van der Waals surface area contributed by atoms with Gasteiger partial charge >= 0.3 is 0 Å². The SMILES string of the molecule is CC(CO)SCCC(N)C(N)=O. The first-order valence-corrected chi connectivity index (χ1v) is 4.90. The second-order valence-corrected chi connectivity index (χ2v) is 4.21. The zero-order valence-corrected chi connectivity index (χ0v) is 8.01. The summed E-state index contributed by atoms with van der Waals surface area (Å²) in [4.78, 5) is 10.5. The molecule has 0 rings (SSSR count). The summed E-state index contributed by atoms with van der Waals surface area (Å²) in [6.07, 6.45) is 0.574. The van der Waals surface area contributed by atoms with Crippen LogP contribution in [0.25, 0.3) is 0 Å². The molecule has 0 aromatic heterocycles. The highest BCUT2D eigenvalue weighted by Crippen LogP contribution is 2.11. The molecular weight excluding hydrogens is 176 g/mol. The molecular formula is C7H16N2O2S. The van der Waals surface area contributed by atoms with E-state index in [1.165, 1.54) is 0 Å². The van der Waals surface area contributed by atoms with E-state index in [0.29, 0.717) is 6.42 Å². The van der Waals surface area contributed by atoms with E-state index in [-0.39, 0.29) is 11.9 Å². The predicted octanol–water partition coefficient (Wildman–Crippen LogP) is -0.697. The lowest BCUT2D eigenvalue weighted by atomic mass is 10.2. The molecule has 1 amide bonds. The van der Waals surface area contributed by atoms with Gasteiger partial charge in [-0.3, -0.25) is 4.79 Å². The molecule has 0 spiro atoms. The molecule has 0 heterocycles. The minimum atomic E-state index is -0.552. The van der Waals surface area contributed by atoms with Crippen molar-refractivity contribution in [3.63, 3.8) is 0 Å². The minimum Gasteiger partial charge on any atom is -0.395 e. The quantitative estimate of drug-likeness (QED) is 0.519. The number of carbonyl (C=O) groups excluding carboxylic acids is 1. The van der Waals surface area contributed by atoms with Crippen molar-refractivity contribution in [1.29, 1.82) is 0 Å². The summed E-state index contributed by atoms with van der Waals surface area (Å²) in [6, 6.07) is -0.552. The molecule has 0 aliphatic carbocycles. The molecule has 0 saturated heterocycles. The van der Waals surface area contributed by atoms with E-state index in [1.54, 1.807) is 11.8 Å². The van der Waals surface area contributed by atoms with Gasteiger partial charge in [0.25, 0.3) is 0 Å². The first-order valence-electron chi connectivity index (χ1n) is 3.85. The number of hydrogen-bond acceptors (Lipinski definition) is 4. The van der Waals surface area contributed by atoms with E-state index >= 15 is 0 Å². The van der Waals surface area contributed by atoms with Gasteiger partial charge in [-0.1, -0.05) is 6.92 Å². The van der Waals surface area contributed by atoms with Crippen LogP contribution in [-0.4, -0.2) is 34.7 Å². The van der Waals surface area contributed by atoms with Crippen LogP contribution in [-0.2, 0) is 4.79 Å². The van der Waals surface area contributed by atoms with E-state index in [4.69, 9.17) is 16.6 Å². The third kappa shape index (κ3) is 5.40. The molecule has 5 heteroatoms. The Labute approximate surface area is 76.7 Å². The Bertz CT molecular complexity index is 143. The Morgan fingerprint density at radius 3 is 2.67 bits per heavy atom. The lowest BCUT2D eigenvalue weighted by molar-refractivity contribution is -0.119. The van der Waals surface area contributed by atoms with Gasteiger partial charge in [-0.05, 0) is 12.2 Å². The summed E-state index contributed by atoms with van der Waals surface area (Å²) in [5.74, 6) is 0.290. The van der Waals surface area contributed by atoms with E-state index in [1.807, 2.05) is 6.92 Å². The number of primary amides is 1. The first-order chi connectivity index (χ1) is 5.57. The van der Waals surface area contributed by atoms with Gasteiger partial charge in [-0.25, -0.2) is 0 Å². The maximum Gasteiger partial charge on any atom is 0.234 e. The topological polar surface area (TPSA) is 89.3 Å². The van der Waals surface area contributed by atoms with Crippen molar-refractivity contribution in [3.8, 4) is 0 Å². The number of hydrogen-bond donors (Lipinski definition) is 3. The Kier molecular flexibility index (Phi) is 6.14. The molecule has 72 valence electrons. The molecule has 0 saturated carbocycles. The number of rotatable bonds is 6. The highest BCUT2D eigenvalue weighted by Gasteiger charge is 2.09. The fraction of sp³-hybridized carbons (Fsp3) is 0.857. The van der Waals surface area contributed by atoms with Crippen LogP contribution in [0.2, 0.25) is 0 Å². The van der Waals surface area contributed by atoms with Gasteiger partial charge in [0, 0.05) is 5.25 Å². The molecule has 2 unspecified atom stereocenters. The van der Waals surface area contributed by atoms with Gasteiger partial charge in [0.15, 0.2) is 0 Å². The fourth-order valence-electron chi connectivity index (χ4n) is 0.591. The van der Waals surface area contributed by atoms with Crippen LogP contribution in [0.3, 0.4) is 0 Å². The zero-order valence-electron chi connectivity index (χ0n) is 7.19. The Balaban J connectivity index is 3.37. The number of carbonyl (C=O) groups is 1. The number of aliphatic hydroxyl groups excluding tert-OH is 1. The first kappa shape index (κ1) is 11.7. The normalized spacial score (nSPS) is 15.6. The van der Waals surface area contributed by atoms with Crippen molar-refractivity contribution in [3.05, 3.63) is 0 Å². The van der Waals surface area contributed by atoms with Crippen LogP contribution in [0.5, 0.6) is 0 Å². The second kappa shape index (κ2) is 6.28. The van der Waals surface area contributed by atoms with E-state index in [0.717, 1.165) is 5.75 Å². The van der Waals surface area contributed by atoms with E-state index < -0.39 is 11.9 Å². The summed E-state index contributed by atoms with van der Waals surface area (Å²) in [5, 5.41) is 8.86. The average molecular weight is 192 g/mol. The van der Waals surface area contributed by atoms with Gasteiger partial charge in [-0.15, -0.1) is 0 Å². The Morgan fingerprint density at radius 1 is 1.67 bits per heavy atom. The summed E-state index contributed by atoms with van der Waals surface area (Å²) >= 11 is 1.58. The van der Waals surface area contributed by atoms with Crippen LogP contribution in [0.1, 0.15) is 13.3 Å². The van der Waals surface area contributed by atoms with Crippen LogP contribution in [0.15, 0.2) is 0 Å². The van der Waals surface area contributed by atoms with Crippen molar-refractivity contribution >= 4 is 17.7 Å². The fourth-order valence-corrected chi connectivity index (χ4v) is 1.49. The second-order valence-electron chi connectivity index (χ2n) is 2.66. The van der Waals surface area contributed by atoms with Gasteiger partial charge in [-0.2, -0.15) is 11.8 Å². The maximum atomic E-state index is 10.5. The molecule has 4 nitrogen and oxygen atoms in total. The van der Waals surface area contributed by atoms with Crippen molar-refractivity contribution in [2.24, 2.45) is 11.5 Å². The number of thioether (sulfide) groups is 1. The minimum absolute atomic E-state index is 0.149. The summed E-state index contributed by atoms with van der Waals surface area (Å²) < 4.78 is 0. The molecule has 5 N–H and O–H groups in total. The lowest BCUT2D eigenvalue weighted by Crippen LogP contribution is -2.36. The van der Waals surface area contributed by atoms with Gasteiger partial charge in [0.05, 0.1) is 12.6 Å². The van der Waals surface area contributed by atoms with Gasteiger partial charge < -0.3 is 16.6 Å². The van der Waals surface area contributed by atoms with Crippen LogP contribution in [0, 0.1) is 0 Å². The monoisotopic (exact) mass is 192 g/mol. The van der Waals surface area contributed by atoms with Crippen LogP contribution in [0.4, 0.5) is 0 Å². The Morgan fingerprint density at radius 2 is 2.25 bits per heavy atom. The molecule has 0 aliphatic heterocycles. The van der Waals surface area contributed by atoms with Crippen molar-refractivity contribution in [2.45, 2.75) is 24.6 Å².